The van der Waals surface area contributed by atoms with Crippen molar-refractivity contribution in [2.45, 2.75) is 19.3 Å². The molecule has 0 bridgehead atoms. The molecule has 1 aliphatic rings. The molecule has 4 nitrogen and oxygen atoms in total. The van der Waals surface area contributed by atoms with Gasteiger partial charge in [0.25, 0.3) is 0 Å². The van der Waals surface area contributed by atoms with Crippen LogP contribution in [0.4, 0.5) is 10.2 Å². The van der Waals surface area contributed by atoms with Gasteiger partial charge < -0.3 is 5.32 Å². The standard InChI is InChI=1S/C21H19BrFN3O/c1-12-19(14-3-7-15(22)8-4-14)20(26(2)25-12)24-21(27)18-11-17(18)13-5-9-16(23)10-6-13/h3-10,17-18H,11H2,1-2H3,(H,24,27). The second kappa shape index (κ2) is 6.93. The van der Waals surface area contributed by atoms with Crippen molar-refractivity contribution in [1.82, 2.24) is 9.78 Å². The summed E-state index contributed by atoms with van der Waals surface area (Å²) in [7, 11) is 1.83. The third-order valence-electron chi connectivity index (χ3n) is 5.02. The number of benzene rings is 2. The van der Waals surface area contributed by atoms with Gasteiger partial charge in [0.1, 0.15) is 11.6 Å². The summed E-state index contributed by atoms with van der Waals surface area (Å²) in [6.07, 6.45) is 0.780. The molecule has 1 heterocycles. The minimum Gasteiger partial charge on any atom is -0.310 e. The lowest BCUT2D eigenvalue weighted by Gasteiger charge is -2.09. The minimum absolute atomic E-state index is 0.0225. The first kappa shape index (κ1) is 17.9. The Morgan fingerprint density at radius 1 is 1.19 bits per heavy atom. The Morgan fingerprint density at radius 2 is 1.85 bits per heavy atom. The summed E-state index contributed by atoms with van der Waals surface area (Å²) in [6, 6.07) is 14.4. The molecule has 1 saturated carbocycles. The Bertz CT molecular complexity index is 996. The topological polar surface area (TPSA) is 46.9 Å². The summed E-state index contributed by atoms with van der Waals surface area (Å²) >= 11 is 3.45. The average molecular weight is 428 g/mol. The number of anilines is 1. The van der Waals surface area contributed by atoms with Gasteiger partial charge in [0.15, 0.2) is 0 Å². The average Bonchev–Trinajstić information content (AvgIpc) is 3.39. The summed E-state index contributed by atoms with van der Waals surface area (Å²) in [5.41, 5.74) is 3.80. The summed E-state index contributed by atoms with van der Waals surface area (Å²) < 4.78 is 15.8. The van der Waals surface area contributed by atoms with Gasteiger partial charge in [0.05, 0.1) is 5.69 Å². The Balaban J connectivity index is 1.56. The number of nitrogens with zero attached hydrogens (tertiary/aromatic N) is 2. The van der Waals surface area contributed by atoms with Crippen LogP contribution in [0.2, 0.25) is 0 Å². The molecule has 2 unspecified atom stereocenters. The van der Waals surface area contributed by atoms with Crippen LogP contribution in [0.25, 0.3) is 11.1 Å². The molecule has 6 heteroatoms. The van der Waals surface area contributed by atoms with Gasteiger partial charge in [-0.2, -0.15) is 5.10 Å². The van der Waals surface area contributed by atoms with Crippen LogP contribution < -0.4 is 5.32 Å². The van der Waals surface area contributed by atoms with Crippen molar-refractivity contribution < 1.29 is 9.18 Å². The molecule has 0 radical (unpaired) electrons. The van der Waals surface area contributed by atoms with Gasteiger partial charge in [0.2, 0.25) is 5.91 Å². The van der Waals surface area contributed by atoms with Gasteiger partial charge in [-0.3, -0.25) is 9.48 Å². The molecule has 27 heavy (non-hydrogen) atoms. The molecule has 138 valence electrons. The van der Waals surface area contributed by atoms with E-state index in [9.17, 15) is 9.18 Å². The van der Waals surface area contributed by atoms with Gasteiger partial charge in [0, 0.05) is 23.0 Å². The largest absolute Gasteiger partial charge is 0.310 e. The summed E-state index contributed by atoms with van der Waals surface area (Å²) in [5, 5.41) is 7.54. The zero-order chi connectivity index (χ0) is 19.1. The highest BCUT2D eigenvalue weighted by Crippen LogP contribution is 2.48. The Labute approximate surface area is 165 Å². The maximum atomic E-state index is 13.1. The SMILES string of the molecule is Cc1nn(C)c(NC(=O)C2CC2c2ccc(F)cc2)c1-c1ccc(Br)cc1. The van der Waals surface area contributed by atoms with Crippen LogP contribution in [-0.4, -0.2) is 15.7 Å². The number of rotatable bonds is 4. The monoisotopic (exact) mass is 427 g/mol. The zero-order valence-corrected chi connectivity index (χ0v) is 16.6. The first-order valence-electron chi connectivity index (χ1n) is 8.80. The quantitative estimate of drug-likeness (QED) is 0.633. The molecule has 1 fully saturated rings. The van der Waals surface area contributed by atoms with Gasteiger partial charge in [-0.05, 0) is 54.7 Å². The predicted molar refractivity (Wildman–Crippen MR) is 107 cm³/mol. The fourth-order valence-electron chi connectivity index (χ4n) is 3.54. The van der Waals surface area contributed by atoms with Gasteiger partial charge in [-0.25, -0.2) is 4.39 Å². The van der Waals surface area contributed by atoms with Crippen LogP contribution in [0.3, 0.4) is 0 Å². The van der Waals surface area contributed by atoms with Crippen LogP contribution >= 0.6 is 15.9 Å². The molecular weight excluding hydrogens is 409 g/mol. The molecular formula is C21H19BrFN3O. The van der Waals surface area contributed by atoms with E-state index < -0.39 is 0 Å². The second-order valence-electron chi connectivity index (χ2n) is 6.93. The minimum atomic E-state index is -0.259. The highest BCUT2D eigenvalue weighted by atomic mass is 79.9. The number of hydrogen-bond acceptors (Lipinski definition) is 2. The number of hydrogen-bond donors (Lipinski definition) is 1. The lowest BCUT2D eigenvalue weighted by Crippen LogP contribution is -2.17. The predicted octanol–water partition coefficient (Wildman–Crippen LogP) is 5.04. The fraction of sp³-hybridized carbons (Fsp3) is 0.238. The zero-order valence-electron chi connectivity index (χ0n) is 15.0. The third kappa shape index (κ3) is 3.54. The van der Waals surface area contributed by atoms with E-state index in [1.807, 2.05) is 38.2 Å². The van der Waals surface area contributed by atoms with Crippen molar-refractivity contribution in [1.29, 1.82) is 0 Å². The molecule has 1 aromatic heterocycles. The fourth-order valence-corrected chi connectivity index (χ4v) is 3.80. The molecule has 3 aromatic rings. The van der Waals surface area contributed by atoms with Crippen molar-refractivity contribution in [2.24, 2.45) is 13.0 Å². The second-order valence-corrected chi connectivity index (χ2v) is 7.84. The van der Waals surface area contributed by atoms with E-state index in [1.165, 1.54) is 12.1 Å². The first-order chi connectivity index (χ1) is 12.9. The van der Waals surface area contributed by atoms with Gasteiger partial charge >= 0.3 is 0 Å². The van der Waals surface area contributed by atoms with E-state index >= 15 is 0 Å². The molecule has 2 atom stereocenters. The smallest absolute Gasteiger partial charge is 0.229 e. The highest BCUT2D eigenvalue weighted by molar-refractivity contribution is 9.10. The van der Waals surface area contributed by atoms with Crippen LogP contribution in [0.15, 0.2) is 53.0 Å². The third-order valence-corrected chi connectivity index (χ3v) is 5.55. The molecule has 1 N–H and O–H groups in total. The van der Waals surface area contributed by atoms with Crippen LogP contribution in [-0.2, 0) is 11.8 Å². The summed E-state index contributed by atoms with van der Waals surface area (Å²) in [4.78, 5) is 12.8. The molecule has 4 rings (SSSR count). The van der Waals surface area contributed by atoms with Gasteiger partial charge in [-0.15, -0.1) is 0 Å². The molecule has 0 aliphatic heterocycles. The molecule has 2 aromatic carbocycles. The lowest BCUT2D eigenvalue weighted by molar-refractivity contribution is -0.117. The number of halogens is 2. The number of carbonyl (C=O) groups excluding carboxylic acids is 1. The van der Waals surface area contributed by atoms with Crippen molar-refractivity contribution in [3.8, 4) is 11.1 Å². The van der Waals surface area contributed by atoms with E-state index in [0.29, 0.717) is 5.82 Å². The van der Waals surface area contributed by atoms with Crippen molar-refractivity contribution >= 4 is 27.7 Å². The van der Waals surface area contributed by atoms with Crippen LogP contribution in [0, 0.1) is 18.7 Å². The first-order valence-corrected chi connectivity index (χ1v) is 9.59. The van der Waals surface area contributed by atoms with Crippen molar-refractivity contribution in [3.63, 3.8) is 0 Å². The van der Waals surface area contributed by atoms with Crippen LogP contribution in [0.1, 0.15) is 23.6 Å². The van der Waals surface area contributed by atoms with Gasteiger partial charge in [-0.1, -0.05) is 40.2 Å². The Morgan fingerprint density at radius 3 is 2.52 bits per heavy atom. The van der Waals surface area contributed by atoms with E-state index in [2.05, 4.69) is 26.3 Å². The lowest BCUT2D eigenvalue weighted by atomic mass is 10.1. The number of nitrogens with one attached hydrogen (secondary N) is 1. The van der Waals surface area contributed by atoms with Crippen molar-refractivity contribution in [3.05, 3.63) is 70.1 Å². The maximum absolute atomic E-state index is 13.1. The van der Waals surface area contributed by atoms with E-state index in [4.69, 9.17) is 0 Å². The molecule has 1 aliphatic carbocycles. The Kier molecular flexibility index (Phi) is 4.60. The normalized spacial score (nSPS) is 18.4. The number of amides is 1. The summed E-state index contributed by atoms with van der Waals surface area (Å²) in [6.45, 7) is 1.94. The van der Waals surface area contributed by atoms with E-state index in [0.717, 1.165) is 33.3 Å². The van der Waals surface area contributed by atoms with E-state index in [1.54, 1.807) is 16.8 Å². The number of carbonyl (C=O) groups is 1. The number of aromatic nitrogens is 2. The van der Waals surface area contributed by atoms with Crippen molar-refractivity contribution in [2.75, 3.05) is 5.32 Å². The molecule has 1 amide bonds. The highest BCUT2D eigenvalue weighted by Gasteiger charge is 2.44. The number of aryl methyl sites for hydroxylation is 2. The van der Waals surface area contributed by atoms with E-state index in [-0.39, 0.29) is 23.6 Å². The van der Waals surface area contributed by atoms with Crippen LogP contribution in [0.5, 0.6) is 0 Å². The summed E-state index contributed by atoms with van der Waals surface area (Å²) in [5.74, 6) is 0.472. The maximum Gasteiger partial charge on any atom is 0.229 e. The molecule has 0 saturated heterocycles. The Hall–Kier alpha value is -2.47. The molecule has 0 spiro atoms.